The maximum atomic E-state index is 11.0. The molecule has 2 aromatic rings. The van der Waals surface area contributed by atoms with E-state index < -0.39 is 0 Å². The molecule has 3 rings (SSSR count). The van der Waals surface area contributed by atoms with Crippen molar-refractivity contribution in [3.63, 3.8) is 0 Å². The summed E-state index contributed by atoms with van der Waals surface area (Å²) >= 11 is 1.52. The van der Waals surface area contributed by atoms with E-state index in [4.69, 9.17) is 9.47 Å². The van der Waals surface area contributed by atoms with Gasteiger partial charge in [-0.2, -0.15) is 0 Å². The minimum absolute atomic E-state index is 0.169. The average Bonchev–Trinajstić information content (AvgIpc) is 2.99. The van der Waals surface area contributed by atoms with Crippen LogP contribution in [0.1, 0.15) is 35.3 Å². The normalized spacial score (nSPS) is 18.4. The molecule has 1 fully saturated rings. The van der Waals surface area contributed by atoms with Crippen molar-refractivity contribution in [2.75, 3.05) is 6.61 Å². The molecule has 5 heteroatoms. The van der Waals surface area contributed by atoms with E-state index in [1.807, 2.05) is 30.5 Å². The number of carbonyl (C=O) groups excluding carboxylic acids is 1. The van der Waals surface area contributed by atoms with Crippen LogP contribution < -0.4 is 4.74 Å². The number of aromatic nitrogens is 1. The van der Waals surface area contributed by atoms with Crippen LogP contribution in [0.15, 0.2) is 23.6 Å². The van der Waals surface area contributed by atoms with Gasteiger partial charge in [-0.1, -0.05) is 0 Å². The van der Waals surface area contributed by atoms with Gasteiger partial charge in [0, 0.05) is 12.0 Å². The van der Waals surface area contributed by atoms with Gasteiger partial charge < -0.3 is 9.47 Å². The standard InChI is InChI=1S/C16H17NO3S/c1-11-14(20-15-4-2-3-8-19-15)6-5-13(17-11)16-12(10-18)7-9-21-16/h5-7,9-10,15H,2-4,8H2,1H3. The predicted molar refractivity (Wildman–Crippen MR) is 81.9 cm³/mol. The van der Waals surface area contributed by atoms with E-state index >= 15 is 0 Å². The average molecular weight is 303 g/mol. The van der Waals surface area contributed by atoms with Gasteiger partial charge >= 0.3 is 0 Å². The number of carbonyl (C=O) groups is 1. The van der Waals surface area contributed by atoms with Gasteiger partial charge in [0.25, 0.3) is 0 Å². The van der Waals surface area contributed by atoms with Crippen LogP contribution in [-0.2, 0) is 4.74 Å². The molecule has 1 unspecified atom stereocenters. The van der Waals surface area contributed by atoms with E-state index in [2.05, 4.69) is 4.98 Å². The number of hydrogen-bond donors (Lipinski definition) is 0. The zero-order chi connectivity index (χ0) is 14.7. The Morgan fingerprint density at radius 2 is 2.29 bits per heavy atom. The predicted octanol–water partition coefficient (Wildman–Crippen LogP) is 3.84. The number of pyridine rings is 1. The lowest BCUT2D eigenvalue weighted by Crippen LogP contribution is -2.25. The third-order valence-corrected chi connectivity index (χ3v) is 4.44. The molecule has 0 bridgehead atoms. The van der Waals surface area contributed by atoms with Gasteiger partial charge in [0.2, 0.25) is 0 Å². The number of aryl methyl sites for hydroxylation is 1. The Kier molecular flexibility index (Phi) is 4.31. The Morgan fingerprint density at radius 3 is 3.00 bits per heavy atom. The second-order valence-electron chi connectivity index (χ2n) is 5.02. The molecule has 1 atom stereocenters. The van der Waals surface area contributed by atoms with Crippen molar-refractivity contribution in [2.24, 2.45) is 0 Å². The Morgan fingerprint density at radius 1 is 1.38 bits per heavy atom. The smallest absolute Gasteiger partial charge is 0.199 e. The van der Waals surface area contributed by atoms with Crippen LogP contribution in [0.4, 0.5) is 0 Å². The number of hydrogen-bond acceptors (Lipinski definition) is 5. The minimum Gasteiger partial charge on any atom is -0.463 e. The Hall–Kier alpha value is -1.72. The quantitative estimate of drug-likeness (QED) is 0.805. The fraction of sp³-hybridized carbons (Fsp3) is 0.375. The van der Waals surface area contributed by atoms with Crippen molar-refractivity contribution in [3.8, 4) is 16.3 Å². The van der Waals surface area contributed by atoms with Crippen LogP contribution in [0, 0.1) is 6.92 Å². The summed E-state index contributed by atoms with van der Waals surface area (Å²) in [6.07, 6.45) is 3.85. The third kappa shape index (κ3) is 3.14. The highest BCUT2D eigenvalue weighted by atomic mass is 32.1. The molecule has 1 aliphatic heterocycles. The van der Waals surface area contributed by atoms with Gasteiger partial charge in [0.15, 0.2) is 12.6 Å². The first kappa shape index (κ1) is 14.2. The van der Waals surface area contributed by atoms with Gasteiger partial charge in [0.05, 0.1) is 22.9 Å². The maximum absolute atomic E-state index is 11.0. The zero-order valence-electron chi connectivity index (χ0n) is 11.9. The highest BCUT2D eigenvalue weighted by molar-refractivity contribution is 7.13. The van der Waals surface area contributed by atoms with E-state index in [0.29, 0.717) is 5.56 Å². The second-order valence-corrected chi connectivity index (χ2v) is 5.93. The van der Waals surface area contributed by atoms with Crippen LogP contribution in [-0.4, -0.2) is 24.2 Å². The first-order valence-corrected chi connectivity index (χ1v) is 7.95. The number of nitrogens with zero attached hydrogens (tertiary/aromatic N) is 1. The fourth-order valence-electron chi connectivity index (χ4n) is 2.37. The van der Waals surface area contributed by atoms with Gasteiger partial charge in [-0.05, 0) is 43.3 Å². The SMILES string of the molecule is Cc1nc(-c2sccc2C=O)ccc1OC1CCCCO1. The molecule has 0 aliphatic carbocycles. The van der Waals surface area contributed by atoms with Gasteiger partial charge in [0.1, 0.15) is 5.75 Å². The first-order chi connectivity index (χ1) is 10.3. The summed E-state index contributed by atoms with van der Waals surface area (Å²) in [5.74, 6) is 0.745. The molecule has 1 aliphatic rings. The lowest BCUT2D eigenvalue weighted by atomic mass is 10.2. The lowest BCUT2D eigenvalue weighted by molar-refractivity contribution is -0.106. The fourth-order valence-corrected chi connectivity index (χ4v) is 3.20. The summed E-state index contributed by atoms with van der Waals surface area (Å²) in [5, 5.41) is 1.90. The van der Waals surface area contributed by atoms with E-state index in [9.17, 15) is 4.79 Å². The molecule has 0 radical (unpaired) electrons. The van der Waals surface area contributed by atoms with Gasteiger partial charge in [-0.25, -0.2) is 4.98 Å². The van der Waals surface area contributed by atoms with Gasteiger partial charge in [-0.15, -0.1) is 11.3 Å². The summed E-state index contributed by atoms with van der Waals surface area (Å²) in [4.78, 5) is 16.5. The van der Waals surface area contributed by atoms with Crippen molar-refractivity contribution < 1.29 is 14.3 Å². The van der Waals surface area contributed by atoms with E-state index in [-0.39, 0.29) is 6.29 Å². The molecule has 3 heterocycles. The van der Waals surface area contributed by atoms with E-state index in [1.54, 1.807) is 0 Å². The van der Waals surface area contributed by atoms with E-state index in [0.717, 1.165) is 54.2 Å². The van der Waals surface area contributed by atoms with Crippen LogP contribution in [0.3, 0.4) is 0 Å². The van der Waals surface area contributed by atoms with Crippen molar-refractivity contribution in [3.05, 3.63) is 34.8 Å². The summed E-state index contributed by atoms with van der Waals surface area (Å²) < 4.78 is 11.4. The second kappa shape index (κ2) is 6.37. The third-order valence-electron chi connectivity index (χ3n) is 3.49. The highest BCUT2D eigenvalue weighted by Crippen LogP contribution is 2.30. The Balaban J connectivity index is 1.81. The molecule has 0 saturated carbocycles. The van der Waals surface area contributed by atoms with Crippen molar-refractivity contribution >= 4 is 17.6 Å². The van der Waals surface area contributed by atoms with E-state index in [1.165, 1.54) is 11.3 Å². The summed E-state index contributed by atoms with van der Waals surface area (Å²) in [6.45, 7) is 2.67. The van der Waals surface area contributed by atoms with Crippen LogP contribution in [0.5, 0.6) is 5.75 Å². The Bertz CT molecular complexity index is 632. The molecule has 110 valence electrons. The molecule has 0 spiro atoms. The van der Waals surface area contributed by atoms with Crippen LogP contribution >= 0.6 is 11.3 Å². The molecular formula is C16H17NO3S. The summed E-state index contributed by atoms with van der Waals surface area (Å²) in [5.41, 5.74) is 2.30. The molecule has 4 nitrogen and oxygen atoms in total. The highest BCUT2D eigenvalue weighted by Gasteiger charge is 2.17. The number of ether oxygens (including phenoxy) is 2. The molecule has 21 heavy (non-hydrogen) atoms. The molecule has 2 aromatic heterocycles. The number of aldehydes is 1. The molecular weight excluding hydrogens is 286 g/mol. The number of thiophene rings is 1. The summed E-state index contributed by atoms with van der Waals surface area (Å²) in [7, 11) is 0. The topological polar surface area (TPSA) is 48.4 Å². The van der Waals surface area contributed by atoms with Crippen LogP contribution in [0.2, 0.25) is 0 Å². The Labute approximate surface area is 127 Å². The van der Waals surface area contributed by atoms with Crippen LogP contribution in [0.25, 0.3) is 10.6 Å². The van der Waals surface area contributed by atoms with Crippen molar-refractivity contribution in [1.82, 2.24) is 4.98 Å². The molecule has 0 aromatic carbocycles. The molecule has 0 N–H and O–H groups in total. The number of rotatable bonds is 4. The minimum atomic E-state index is -0.169. The molecule has 0 amide bonds. The van der Waals surface area contributed by atoms with Crippen molar-refractivity contribution in [2.45, 2.75) is 32.5 Å². The largest absolute Gasteiger partial charge is 0.463 e. The summed E-state index contributed by atoms with van der Waals surface area (Å²) in [6, 6.07) is 5.61. The lowest BCUT2D eigenvalue weighted by Gasteiger charge is -2.24. The zero-order valence-corrected chi connectivity index (χ0v) is 12.7. The van der Waals surface area contributed by atoms with Crippen molar-refractivity contribution in [1.29, 1.82) is 0 Å². The maximum Gasteiger partial charge on any atom is 0.199 e. The monoisotopic (exact) mass is 303 g/mol. The first-order valence-electron chi connectivity index (χ1n) is 7.07. The van der Waals surface area contributed by atoms with Gasteiger partial charge in [-0.3, -0.25) is 4.79 Å². The molecule has 1 saturated heterocycles.